The average Bonchev–Trinajstić information content (AvgIpc) is 4.23. The van der Waals surface area contributed by atoms with Gasteiger partial charge in [0.1, 0.15) is 53.7 Å². The van der Waals surface area contributed by atoms with Gasteiger partial charge in [-0.3, -0.25) is 43.3 Å². The molecule has 16 N–H and O–H groups in total. The number of likely N-dealkylation sites (tertiary alicyclic amines) is 1. The Morgan fingerprint density at radius 3 is 1.76 bits per heavy atom. The molecular formula is C62H76N14O10. The number of likely N-dealkylation sites (N-methyl/N-ethyl adjacent to an activating group) is 1. The van der Waals surface area contributed by atoms with Crippen molar-refractivity contribution in [3.8, 4) is 5.75 Å². The third-order valence-corrected chi connectivity index (χ3v) is 15.1. The number of aliphatic hydroxyl groups is 1. The van der Waals surface area contributed by atoms with Crippen LogP contribution in [-0.2, 0) is 52.8 Å². The summed E-state index contributed by atoms with van der Waals surface area (Å²) in [6.07, 6.45) is 4.48. The van der Waals surface area contributed by atoms with Crippen molar-refractivity contribution in [2.45, 2.75) is 114 Å². The first-order valence-electron chi connectivity index (χ1n) is 28.9. The normalized spacial score (nSPS) is 15.2. The van der Waals surface area contributed by atoms with Crippen LogP contribution in [0.4, 0.5) is 0 Å². The lowest BCUT2D eigenvalue weighted by Gasteiger charge is -2.30. The van der Waals surface area contributed by atoms with Gasteiger partial charge < -0.3 is 78.7 Å². The van der Waals surface area contributed by atoms with Gasteiger partial charge >= 0.3 is 0 Å². The van der Waals surface area contributed by atoms with Crippen LogP contribution in [0.25, 0.3) is 32.7 Å². The first kappa shape index (κ1) is 62.3. The van der Waals surface area contributed by atoms with Gasteiger partial charge in [-0.1, -0.05) is 80.6 Å². The molecule has 0 aliphatic carbocycles. The Labute approximate surface area is 496 Å². The number of phenolic OH excluding ortho intramolecular Hbond substituents is 1. The number of rotatable bonds is 28. The molecule has 0 saturated carbocycles. The molecule has 0 radical (unpaired) electrons. The van der Waals surface area contributed by atoms with Crippen molar-refractivity contribution in [3.63, 3.8) is 0 Å². The molecule has 4 heterocycles. The second-order valence-corrected chi connectivity index (χ2v) is 21.9. The maximum Gasteiger partial charge on any atom is 0.268 e. The van der Waals surface area contributed by atoms with E-state index in [1.165, 1.54) is 29.2 Å². The summed E-state index contributed by atoms with van der Waals surface area (Å²) in [7, 11) is 0. The zero-order chi connectivity index (χ0) is 61.4. The number of nitrogens with zero attached hydrogens (tertiary/aromatic N) is 2. The molecule has 0 spiro atoms. The van der Waals surface area contributed by atoms with Crippen LogP contribution in [0.5, 0.6) is 5.75 Å². The fraction of sp³-hybridized carbons (Fsp3) is 0.371. The number of nitrogens with one attached hydrogen (secondary N) is 10. The smallest absolute Gasteiger partial charge is 0.268 e. The van der Waals surface area contributed by atoms with Crippen LogP contribution < -0.4 is 48.7 Å². The quantitative estimate of drug-likeness (QED) is 0.0191. The fourth-order valence-electron chi connectivity index (χ4n) is 10.8. The van der Waals surface area contributed by atoms with Crippen LogP contribution in [0.15, 0.2) is 121 Å². The number of benzene rings is 4. The van der Waals surface area contributed by atoms with Gasteiger partial charge in [0, 0.05) is 84.0 Å². The molecule has 3 aromatic heterocycles. The summed E-state index contributed by atoms with van der Waals surface area (Å²) in [5.74, 6) is -6.00. The lowest BCUT2D eigenvalue weighted by atomic mass is 9.99. The van der Waals surface area contributed by atoms with E-state index in [4.69, 9.17) is 11.5 Å². The molecule has 24 nitrogen and oxygen atoms in total. The topological polar surface area (TPSA) is 376 Å². The number of H-pyrrole nitrogens is 3. The summed E-state index contributed by atoms with van der Waals surface area (Å²) in [5.41, 5.74) is 15.3. The minimum absolute atomic E-state index is 0.0370. The fourth-order valence-corrected chi connectivity index (χ4v) is 10.8. The molecule has 8 rings (SSSR count). The highest BCUT2D eigenvalue weighted by Crippen LogP contribution is 2.24. The van der Waals surface area contributed by atoms with E-state index in [0.717, 1.165) is 27.2 Å². The van der Waals surface area contributed by atoms with Crippen molar-refractivity contribution in [1.82, 2.24) is 57.1 Å². The van der Waals surface area contributed by atoms with Crippen LogP contribution in [0.3, 0.4) is 0 Å². The minimum Gasteiger partial charge on any atom is -0.508 e. The molecule has 1 saturated heterocycles. The molecule has 24 heteroatoms. The number of hydrogen-bond donors (Lipinski definition) is 14. The summed E-state index contributed by atoms with van der Waals surface area (Å²) in [4.78, 5) is 130. The number of fused-ring (bicyclic) bond motifs is 3. The summed E-state index contributed by atoms with van der Waals surface area (Å²) in [6, 6.07) is 20.4. The number of carbonyl (C=O) groups is 8. The summed E-state index contributed by atoms with van der Waals surface area (Å²) in [5, 5.41) is 42.7. The van der Waals surface area contributed by atoms with Gasteiger partial charge in [-0.2, -0.15) is 0 Å². The number of aliphatic hydroxyl groups excluding tert-OH is 1. The number of amides is 8. The van der Waals surface area contributed by atoms with Gasteiger partial charge in [0.2, 0.25) is 41.4 Å². The van der Waals surface area contributed by atoms with Gasteiger partial charge in [0.25, 0.3) is 5.91 Å². The maximum absolute atomic E-state index is 15.0. The van der Waals surface area contributed by atoms with Crippen molar-refractivity contribution in [2.24, 2.45) is 22.4 Å². The molecule has 7 atom stereocenters. The van der Waals surface area contributed by atoms with Crippen molar-refractivity contribution in [1.29, 1.82) is 0 Å². The maximum atomic E-state index is 15.0. The Morgan fingerprint density at radius 1 is 0.651 bits per heavy atom. The SMILES string of the molecule is CCNC(=O)[C@@H]1CCCN1C(=O)[C@H](CCCN=C(N)N)NC(=O)[C@H](CC(C)C)NC(=O)[C@@H](Cc1c[nH]c2ccccc12)NC(=O)[C@H](Cc1ccc(O)cc1)NC(=O)[C@H](CO)NC(=O)[C@@H](Cc1c[nH]c2ccccc12)NC(=O)c1cc2ccccc2[nH]1. The Balaban J connectivity index is 1.05. The molecule has 1 aliphatic heterocycles. The summed E-state index contributed by atoms with van der Waals surface area (Å²) in [6.45, 7) is 5.32. The van der Waals surface area contributed by atoms with E-state index in [2.05, 4.69) is 57.2 Å². The number of nitrogens with two attached hydrogens (primary N) is 2. The van der Waals surface area contributed by atoms with Gasteiger partial charge in [0.15, 0.2) is 5.96 Å². The molecule has 1 fully saturated rings. The minimum atomic E-state index is -1.68. The van der Waals surface area contributed by atoms with Crippen LogP contribution in [0.1, 0.15) is 80.1 Å². The monoisotopic (exact) mass is 1180 g/mol. The van der Waals surface area contributed by atoms with E-state index < -0.39 is 90.3 Å². The van der Waals surface area contributed by atoms with E-state index in [1.807, 2.05) is 80.6 Å². The van der Waals surface area contributed by atoms with Gasteiger partial charge in [0.05, 0.1) is 6.61 Å². The predicted octanol–water partition coefficient (Wildman–Crippen LogP) is 2.31. The number of para-hydroxylation sites is 3. The highest BCUT2D eigenvalue weighted by atomic mass is 16.3. The van der Waals surface area contributed by atoms with Gasteiger partial charge in [-0.15, -0.1) is 0 Å². The average molecular weight is 1180 g/mol. The molecular weight excluding hydrogens is 1100 g/mol. The second kappa shape index (κ2) is 29.2. The lowest BCUT2D eigenvalue weighted by molar-refractivity contribution is -0.142. The summed E-state index contributed by atoms with van der Waals surface area (Å²) >= 11 is 0. The van der Waals surface area contributed by atoms with Crippen LogP contribution in [-0.4, -0.2) is 152 Å². The number of phenols is 1. The first-order valence-corrected chi connectivity index (χ1v) is 28.9. The summed E-state index contributed by atoms with van der Waals surface area (Å²) < 4.78 is 0. The van der Waals surface area contributed by atoms with Gasteiger partial charge in [-0.05, 0) is 98.0 Å². The van der Waals surface area contributed by atoms with Crippen LogP contribution in [0, 0.1) is 5.92 Å². The molecule has 86 heavy (non-hydrogen) atoms. The zero-order valence-corrected chi connectivity index (χ0v) is 48.3. The number of hydrogen-bond acceptors (Lipinski definition) is 11. The molecule has 0 unspecified atom stereocenters. The molecule has 4 aromatic carbocycles. The molecule has 8 amide bonds. The molecule has 1 aliphatic rings. The van der Waals surface area contributed by atoms with E-state index in [0.29, 0.717) is 41.6 Å². The number of aliphatic imine (C=N–C) groups is 1. The lowest BCUT2D eigenvalue weighted by Crippen LogP contribution is -2.61. The number of carbonyl (C=O) groups excluding carboxylic acids is 8. The van der Waals surface area contributed by atoms with Crippen molar-refractivity contribution in [2.75, 3.05) is 26.2 Å². The van der Waals surface area contributed by atoms with Crippen molar-refractivity contribution < 1.29 is 48.6 Å². The number of aromatic amines is 3. The van der Waals surface area contributed by atoms with E-state index in [1.54, 1.807) is 31.5 Å². The van der Waals surface area contributed by atoms with Crippen molar-refractivity contribution in [3.05, 3.63) is 138 Å². The number of aromatic nitrogens is 3. The molecule has 454 valence electrons. The number of aromatic hydroxyl groups is 1. The molecule has 7 aromatic rings. The standard InChI is InChI=1S/C62H76N14O10/c1-4-65-60(85)53-20-12-26-76(53)61(86)46(19-11-25-66-62(63)64)70-54(79)47(27-35(2)3)71-57(82)50(30-38-32-67-44-17-9-6-14-41(38)44)73-55(80)48(28-36-21-23-40(78)24-22-36)72-59(84)52(34-77)75-58(83)51(31-39-33-68-45-18-10-7-15-42(39)45)74-56(81)49-29-37-13-5-8-16-43(37)69-49/h5-10,13-18,21-24,29,32-33,35,46-48,50-53,67-69,77-78H,4,11-12,19-20,25-28,30-31,34H2,1-3H3,(H,65,85)(H,70,79)(H,71,82)(H,72,84)(H,73,80)(H,74,81)(H,75,83)(H4,63,64,66)/t46-,47-,48-,50+,51+,52-,53-/m0/s1. The molecule has 0 bridgehead atoms. The van der Waals surface area contributed by atoms with E-state index in [-0.39, 0.29) is 80.8 Å². The van der Waals surface area contributed by atoms with Crippen LogP contribution >= 0.6 is 0 Å². The predicted molar refractivity (Wildman–Crippen MR) is 325 cm³/mol. The highest BCUT2D eigenvalue weighted by Gasteiger charge is 2.39. The Morgan fingerprint density at radius 2 is 1.17 bits per heavy atom. The Kier molecular flexibility index (Phi) is 21.2. The van der Waals surface area contributed by atoms with E-state index in [9.17, 15) is 48.6 Å². The third-order valence-electron chi connectivity index (χ3n) is 15.1. The van der Waals surface area contributed by atoms with Crippen LogP contribution in [0.2, 0.25) is 0 Å². The third kappa shape index (κ3) is 16.1. The largest absolute Gasteiger partial charge is 0.508 e. The van der Waals surface area contributed by atoms with E-state index >= 15 is 0 Å². The Hall–Kier alpha value is -9.71. The first-order chi connectivity index (χ1) is 41.4. The number of guanidine groups is 1. The van der Waals surface area contributed by atoms with Crippen molar-refractivity contribution >= 4 is 85.9 Å². The zero-order valence-electron chi connectivity index (χ0n) is 48.3. The Bertz CT molecular complexity index is 3540. The van der Waals surface area contributed by atoms with Gasteiger partial charge in [-0.25, -0.2) is 0 Å². The second-order valence-electron chi connectivity index (χ2n) is 21.9. The highest BCUT2D eigenvalue weighted by molar-refractivity contribution is 6.02.